The van der Waals surface area contributed by atoms with Gasteiger partial charge in [-0.15, -0.1) is 0 Å². The van der Waals surface area contributed by atoms with Gasteiger partial charge in [-0.25, -0.2) is 0 Å². The van der Waals surface area contributed by atoms with Crippen LogP contribution in [0.25, 0.3) is 0 Å². The summed E-state index contributed by atoms with van der Waals surface area (Å²) in [5, 5.41) is 56.8. The standard InChI is InChI=1S/C12H22O6.C6H12O3/c1-5-11(15)7(13)3-9(17-5)10-4-8(14)12(16)6(2)18-10;1-4-6(8)5(7)2-3-9-4/h5-16H,3-4H2,1-2H3;4-8H,2-3H2,1H3/t5?,6?,7-,8-,9-,10-,11-,12-;4?,5-,6-/m11/s1. The van der Waals surface area contributed by atoms with E-state index in [1.165, 1.54) is 0 Å². The monoisotopic (exact) mass is 394 g/mol. The molecule has 0 radical (unpaired) electrons. The zero-order valence-electron chi connectivity index (χ0n) is 16.1. The predicted molar refractivity (Wildman–Crippen MR) is 94.0 cm³/mol. The average molecular weight is 394 g/mol. The van der Waals surface area contributed by atoms with Crippen molar-refractivity contribution in [3.05, 3.63) is 0 Å². The van der Waals surface area contributed by atoms with Crippen molar-refractivity contribution in [2.24, 2.45) is 0 Å². The van der Waals surface area contributed by atoms with E-state index in [-0.39, 0.29) is 31.2 Å². The van der Waals surface area contributed by atoms with E-state index in [1.807, 2.05) is 0 Å². The molecular formula is C18H34O9. The Hall–Kier alpha value is -0.360. The van der Waals surface area contributed by atoms with Crippen LogP contribution < -0.4 is 0 Å². The fourth-order valence-electron chi connectivity index (χ4n) is 3.64. The molecule has 11 atom stereocenters. The first kappa shape index (κ1) is 22.9. The maximum Gasteiger partial charge on any atom is 0.106 e. The van der Waals surface area contributed by atoms with E-state index in [0.717, 1.165) is 0 Å². The summed E-state index contributed by atoms with van der Waals surface area (Å²) in [6.45, 7) is 5.70. The fourth-order valence-corrected chi connectivity index (χ4v) is 3.64. The molecule has 0 aromatic carbocycles. The number of ether oxygens (including phenoxy) is 3. The van der Waals surface area contributed by atoms with Gasteiger partial charge in [-0.3, -0.25) is 0 Å². The second-order valence-corrected chi connectivity index (χ2v) is 7.77. The molecule has 9 heteroatoms. The first-order chi connectivity index (χ1) is 12.6. The first-order valence-electron chi connectivity index (χ1n) is 9.62. The predicted octanol–water partition coefficient (Wildman–Crippen LogP) is -1.70. The summed E-state index contributed by atoms with van der Waals surface area (Å²) < 4.78 is 16.3. The Morgan fingerprint density at radius 1 is 0.593 bits per heavy atom. The van der Waals surface area contributed by atoms with Crippen molar-refractivity contribution in [3.63, 3.8) is 0 Å². The molecule has 0 bridgehead atoms. The second kappa shape index (κ2) is 9.91. The van der Waals surface area contributed by atoms with Gasteiger partial charge >= 0.3 is 0 Å². The van der Waals surface area contributed by atoms with E-state index in [9.17, 15) is 20.4 Å². The molecule has 0 aliphatic carbocycles. The molecule has 160 valence electrons. The molecule has 3 unspecified atom stereocenters. The summed E-state index contributed by atoms with van der Waals surface area (Å²) in [4.78, 5) is 0. The van der Waals surface area contributed by atoms with E-state index >= 15 is 0 Å². The van der Waals surface area contributed by atoms with Crippen LogP contribution in [0.3, 0.4) is 0 Å². The molecule has 0 amide bonds. The minimum absolute atomic E-state index is 0.214. The maximum absolute atomic E-state index is 9.74. The van der Waals surface area contributed by atoms with Crippen LogP contribution in [0.4, 0.5) is 0 Å². The average Bonchev–Trinajstić information content (AvgIpc) is 2.61. The lowest BCUT2D eigenvalue weighted by Gasteiger charge is -2.43. The lowest BCUT2D eigenvalue weighted by molar-refractivity contribution is -0.235. The smallest absolute Gasteiger partial charge is 0.106 e. The van der Waals surface area contributed by atoms with Crippen molar-refractivity contribution in [1.29, 1.82) is 0 Å². The number of rotatable bonds is 1. The van der Waals surface area contributed by atoms with Gasteiger partial charge in [-0.05, 0) is 27.2 Å². The molecule has 0 spiro atoms. The van der Waals surface area contributed by atoms with Crippen LogP contribution in [0, 0.1) is 0 Å². The van der Waals surface area contributed by atoms with E-state index in [2.05, 4.69) is 0 Å². The zero-order valence-corrected chi connectivity index (χ0v) is 16.1. The summed E-state index contributed by atoms with van der Waals surface area (Å²) in [7, 11) is 0. The third kappa shape index (κ3) is 5.81. The summed E-state index contributed by atoms with van der Waals surface area (Å²) in [6.07, 6.45) is -5.57. The molecule has 27 heavy (non-hydrogen) atoms. The number of hydrogen-bond donors (Lipinski definition) is 6. The Kier molecular flexibility index (Phi) is 8.41. The zero-order chi connectivity index (χ0) is 20.3. The summed E-state index contributed by atoms with van der Waals surface area (Å²) >= 11 is 0. The van der Waals surface area contributed by atoms with Crippen molar-refractivity contribution in [2.45, 2.75) is 107 Å². The molecule has 3 fully saturated rings. The van der Waals surface area contributed by atoms with Gasteiger partial charge in [0.05, 0.1) is 48.8 Å². The summed E-state index contributed by atoms with van der Waals surface area (Å²) in [5.74, 6) is 0. The highest BCUT2D eigenvalue weighted by Gasteiger charge is 2.43. The van der Waals surface area contributed by atoms with Gasteiger partial charge in [0.25, 0.3) is 0 Å². The molecule has 0 aromatic rings. The Bertz CT molecular complexity index is 389. The normalized spacial score (nSPS) is 51.2. The van der Waals surface area contributed by atoms with Gasteiger partial charge in [0.15, 0.2) is 0 Å². The van der Waals surface area contributed by atoms with E-state index in [4.69, 9.17) is 24.4 Å². The molecule has 3 aliphatic rings. The van der Waals surface area contributed by atoms with Crippen LogP contribution in [0.5, 0.6) is 0 Å². The molecule has 6 N–H and O–H groups in total. The van der Waals surface area contributed by atoms with Crippen LogP contribution in [0.2, 0.25) is 0 Å². The highest BCUT2D eigenvalue weighted by molar-refractivity contribution is 4.92. The lowest BCUT2D eigenvalue weighted by atomic mass is 9.90. The second-order valence-electron chi connectivity index (χ2n) is 7.77. The van der Waals surface area contributed by atoms with Crippen molar-refractivity contribution < 1.29 is 44.8 Å². The minimum Gasteiger partial charge on any atom is -0.390 e. The maximum atomic E-state index is 9.74. The van der Waals surface area contributed by atoms with Crippen LogP contribution in [0.1, 0.15) is 40.0 Å². The lowest BCUT2D eigenvalue weighted by Crippen LogP contribution is -2.56. The fraction of sp³-hybridized carbons (Fsp3) is 1.00. The van der Waals surface area contributed by atoms with Gasteiger partial charge in [0, 0.05) is 19.4 Å². The Morgan fingerprint density at radius 2 is 1.00 bits per heavy atom. The number of aliphatic hydroxyl groups is 6. The Labute approximate surface area is 159 Å². The van der Waals surface area contributed by atoms with Gasteiger partial charge < -0.3 is 44.8 Å². The van der Waals surface area contributed by atoms with Crippen LogP contribution >= 0.6 is 0 Å². The molecule has 3 aliphatic heterocycles. The topological polar surface area (TPSA) is 149 Å². The van der Waals surface area contributed by atoms with Crippen LogP contribution in [-0.4, -0.2) is 104 Å². The molecule has 0 saturated carbocycles. The van der Waals surface area contributed by atoms with Crippen molar-refractivity contribution in [3.8, 4) is 0 Å². The minimum atomic E-state index is -0.891. The largest absolute Gasteiger partial charge is 0.390 e. The molecular weight excluding hydrogens is 360 g/mol. The summed E-state index contributed by atoms with van der Waals surface area (Å²) in [6, 6.07) is 0. The van der Waals surface area contributed by atoms with E-state index in [0.29, 0.717) is 13.0 Å². The van der Waals surface area contributed by atoms with E-state index in [1.54, 1.807) is 20.8 Å². The molecule has 3 heterocycles. The third-order valence-corrected chi connectivity index (χ3v) is 5.56. The summed E-state index contributed by atoms with van der Waals surface area (Å²) in [5.41, 5.74) is 0. The van der Waals surface area contributed by atoms with Crippen molar-refractivity contribution >= 4 is 0 Å². The Morgan fingerprint density at radius 3 is 1.33 bits per heavy atom. The first-order valence-corrected chi connectivity index (χ1v) is 9.62. The van der Waals surface area contributed by atoms with Crippen LogP contribution in [0.15, 0.2) is 0 Å². The molecule has 0 aromatic heterocycles. The quantitative estimate of drug-likeness (QED) is 0.306. The van der Waals surface area contributed by atoms with Gasteiger partial charge in [0.2, 0.25) is 0 Å². The highest BCUT2D eigenvalue weighted by atomic mass is 16.6. The Balaban J connectivity index is 0.000000244. The van der Waals surface area contributed by atoms with Gasteiger partial charge in [-0.1, -0.05) is 0 Å². The number of hydrogen-bond acceptors (Lipinski definition) is 9. The SMILES string of the molecule is CC1OCC[C@@H](O)[C@@H]1O.CC1O[C@@H]([C@H]2C[C@@H](O)[C@H](O)C(C)O2)C[C@@H](O)[C@@H]1O. The van der Waals surface area contributed by atoms with Crippen LogP contribution in [-0.2, 0) is 14.2 Å². The number of aliphatic hydroxyl groups excluding tert-OH is 6. The van der Waals surface area contributed by atoms with Gasteiger partial charge in [-0.2, -0.15) is 0 Å². The highest BCUT2D eigenvalue weighted by Crippen LogP contribution is 2.30. The molecule has 3 rings (SSSR count). The van der Waals surface area contributed by atoms with E-state index < -0.39 is 48.8 Å². The molecule has 3 saturated heterocycles. The van der Waals surface area contributed by atoms with Crippen molar-refractivity contribution in [2.75, 3.05) is 6.61 Å². The van der Waals surface area contributed by atoms with Crippen molar-refractivity contribution in [1.82, 2.24) is 0 Å². The molecule has 9 nitrogen and oxygen atoms in total. The van der Waals surface area contributed by atoms with Gasteiger partial charge in [0.1, 0.15) is 18.3 Å². The third-order valence-electron chi connectivity index (χ3n) is 5.56.